The van der Waals surface area contributed by atoms with Gasteiger partial charge in [-0.25, -0.2) is 0 Å². The summed E-state index contributed by atoms with van der Waals surface area (Å²) in [4.78, 5) is 6.33. The van der Waals surface area contributed by atoms with Gasteiger partial charge in [-0.2, -0.15) is 8.78 Å². The summed E-state index contributed by atoms with van der Waals surface area (Å²) in [6, 6.07) is 13.3. The van der Waals surface area contributed by atoms with Crippen LogP contribution in [-0.4, -0.2) is 45.2 Å². The summed E-state index contributed by atoms with van der Waals surface area (Å²) in [5.74, 6) is 0.880. The van der Waals surface area contributed by atoms with Crippen molar-refractivity contribution in [1.82, 2.24) is 15.5 Å². The van der Waals surface area contributed by atoms with Crippen LogP contribution in [0.25, 0.3) is 0 Å². The maximum absolute atomic E-state index is 12.9. The summed E-state index contributed by atoms with van der Waals surface area (Å²) in [5.41, 5.74) is 2.94. The molecule has 0 heterocycles. The first-order valence-corrected chi connectivity index (χ1v) is 9.80. The molecule has 0 bridgehead atoms. The standard InChI is InChI=1S/C22H30F2N4O2/c1-5-29-19-12-8-11-17(20(19)30-21(23)24)14-27-22(25-2)26-13-16-9-6-7-10-18(16)15-28(3)4/h6-12,21H,5,13-15H2,1-4H3,(H2,25,26,27). The smallest absolute Gasteiger partial charge is 0.387 e. The summed E-state index contributed by atoms with van der Waals surface area (Å²) < 4.78 is 35.9. The van der Waals surface area contributed by atoms with Crippen LogP contribution in [0.4, 0.5) is 8.78 Å². The van der Waals surface area contributed by atoms with Gasteiger partial charge in [0.15, 0.2) is 17.5 Å². The molecule has 8 heteroatoms. The SMILES string of the molecule is CCOc1cccc(CNC(=NC)NCc2ccccc2CN(C)C)c1OC(F)F. The zero-order valence-corrected chi connectivity index (χ0v) is 17.9. The number of hydrogen-bond acceptors (Lipinski definition) is 4. The van der Waals surface area contributed by atoms with E-state index >= 15 is 0 Å². The van der Waals surface area contributed by atoms with Crippen LogP contribution in [0.3, 0.4) is 0 Å². The fraction of sp³-hybridized carbons (Fsp3) is 0.409. The van der Waals surface area contributed by atoms with E-state index in [4.69, 9.17) is 9.47 Å². The van der Waals surface area contributed by atoms with Crippen LogP contribution >= 0.6 is 0 Å². The maximum Gasteiger partial charge on any atom is 0.387 e. The Labute approximate surface area is 176 Å². The Bertz CT molecular complexity index is 829. The van der Waals surface area contributed by atoms with Crippen LogP contribution in [0, 0.1) is 0 Å². The van der Waals surface area contributed by atoms with Crippen molar-refractivity contribution in [1.29, 1.82) is 0 Å². The molecule has 2 N–H and O–H groups in total. The Morgan fingerprint density at radius 1 is 1.00 bits per heavy atom. The van der Waals surface area contributed by atoms with Gasteiger partial charge in [-0.3, -0.25) is 4.99 Å². The summed E-state index contributed by atoms with van der Waals surface area (Å²) in [7, 11) is 5.72. The number of hydrogen-bond donors (Lipinski definition) is 2. The highest BCUT2D eigenvalue weighted by Crippen LogP contribution is 2.32. The summed E-state index contributed by atoms with van der Waals surface area (Å²) in [6.07, 6.45) is 0. The molecular formula is C22H30F2N4O2. The van der Waals surface area contributed by atoms with Gasteiger partial charge >= 0.3 is 6.61 Å². The van der Waals surface area contributed by atoms with Crippen LogP contribution in [0.2, 0.25) is 0 Å². The van der Waals surface area contributed by atoms with Gasteiger partial charge in [-0.15, -0.1) is 0 Å². The van der Waals surface area contributed by atoms with Gasteiger partial charge in [0.25, 0.3) is 0 Å². The molecule has 30 heavy (non-hydrogen) atoms. The molecule has 0 radical (unpaired) electrons. The van der Waals surface area contributed by atoms with E-state index in [2.05, 4.69) is 32.7 Å². The highest BCUT2D eigenvalue weighted by atomic mass is 19.3. The first-order chi connectivity index (χ1) is 14.4. The predicted molar refractivity (Wildman–Crippen MR) is 115 cm³/mol. The molecule has 0 unspecified atom stereocenters. The number of aliphatic imine (C=N–C) groups is 1. The van der Waals surface area contributed by atoms with E-state index in [1.807, 2.05) is 26.2 Å². The normalized spacial score (nSPS) is 11.7. The molecule has 2 aromatic rings. The molecule has 6 nitrogen and oxygen atoms in total. The molecule has 0 spiro atoms. The van der Waals surface area contributed by atoms with Gasteiger partial charge in [0.1, 0.15) is 0 Å². The third-order valence-corrected chi connectivity index (χ3v) is 4.29. The summed E-state index contributed by atoms with van der Waals surface area (Å²) in [6.45, 7) is 0.882. The second-order valence-electron chi connectivity index (χ2n) is 6.84. The fourth-order valence-electron chi connectivity index (χ4n) is 3.00. The van der Waals surface area contributed by atoms with E-state index < -0.39 is 6.61 Å². The molecule has 0 fully saturated rings. The lowest BCUT2D eigenvalue weighted by molar-refractivity contribution is -0.0520. The Kier molecular flexibility index (Phi) is 9.34. The summed E-state index contributed by atoms with van der Waals surface area (Å²) >= 11 is 0. The van der Waals surface area contributed by atoms with E-state index in [-0.39, 0.29) is 18.0 Å². The van der Waals surface area contributed by atoms with Crippen molar-refractivity contribution in [2.75, 3.05) is 27.7 Å². The van der Waals surface area contributed by atoms with Crippen molar-refractivity contribution in [2.24, 2.45) is 4.99 Å². The molecular weight excluding hydrogens is 390 g/mol. The van der Waals surface area contributed by atoms with Crippen molar-refractivity contribution in [3.63, 3.8) is 0 Å². The number of ether oxygens (including phenoxy) is 2. The molecule has 0 aromatic heterocycles. The van der Waals surface area contributed by atoms with Crippen LogP contribution in [0.15, 0.2) is 47.5 Å². The molecule has 0 aliphatic heterocycles. The highest BCUT2D eigenvalue weighted by molar-refractivity contribution is 5.79. The van der Waals surface area contributed by atoms with E-state index in [1.165, 1.54) is 5.56 Å². The molecule has 2 rings (SSSR count). The van der Waals surface area contributed by atoms with E-state index in [0.29, 0.717) is 24.7 Å². The largest absolute Gasteiger partial charge is 0.490 e. The first-order valence-electron chi connectivity index (χ1n) is 9.80. The van der Waals surface area contributed by atoms with Gasteiger partial charge in [0.2, 0.25) is 0 Å². The van der Waals surface area contributed by atoms with Crippen molar-refractivity contribution in [2.45, 2.75) is 33.2 Å². The number of rotatable bonds is 10. The second kappa shape index (κ2) is 12.0. The van der Waals surface area contributed by atoms with Crippen LogP contribution in [0.1, 0.15) is 23.6 Å². The summed E-state index contributed by atoms with van der Waals surface area (Å²) in [5, 5.41) is 6.42. The highest BCUT2D eigenvalue weighted by Gasteiger charge is 2.16. The number of alkyl halides is 2. The van der Waals surface area contributed by atoms with Crippen molar-refractivity contribution in [3.8, 4) is 11.5 Å². The number of guanidine groups is 1. The quantitative estimate of drug-likeness (QED) is 0.454. The molecule has 0 amide bonds. The van der Waals surface area contributed by atoms with E-state index in [9.17, 15) is 8.78 Å². The minimum absolute atomic E-state index is 0.0358. The molecule has 2 aromatic carbocycles. The second-order valence-corrected chi connectivity index (χ2v) is 6.84. The molecule has 0 saturated heterocycles. The molecule has 0 aliphatic carbocycles. The van der Waals surface area contributed by atoms with Gasteiger partial charge < -0.3 is 25.0 Å². The van der Waals surface area contributed by atoms with Gasteiger partial charge in [0.05, 0.1) is 6.61 Å². The third-order valence-electron chi connectivity index (χ3n) is 4.29. The molecule has 0 saturated carbocycles. The monoisotopic (exact) mass is 420 g/mol. The third kappa shape index (κ3) is 7.18. The maximum atomic E-state index is 12.9. The molecule has 164 valence electrons. The Hall–Kier alpha value is -2.87. The van der Waals surface area contributed by atoms with Crippen molar-refractivity contribution in [3.05, 3.63) is 59.2 Å². The number of benzene rings is 2. The average Bonchev–Trinajstić information content (AvgIpc) is 2.70. The lowest BCUT2D eigenvalue weighted by Crippen LogP contribution is -2.36. The fourth-order valence-corrected chi connectivity index (χ4v) is 3.00. The van der Waals surface area contributed by atoms with Crippen LogP contribution < -0.4 is 20.1 Å². The van der Waals surface area contributed by atoms with E-state index in [0.717, 1.165) is 12.1 Å². The lowest BCUT2D eigenvalue weighted by atomic mass is 10.1. The number of para-hydroxylation sites is 1. The predicted octanol–water partition coefficient (Wildman–Crippen LogP) is 3.61. The van der Waals surface area contributed by atoms with Gasteiger partial charge in [-0.1, -0.05) is 36.4 Å². The van der Waals surface area contributed by atoms with Crippen LogP contribution in [0.5, 0.6) is 11.5 Å². The topological polar surface area (TPSA) is 58.1 Å². The molecule has 0 atom stereocenters. The average molecular weight is 421 g/mol. The van der Waals surface area contributed by atoms with Gasteiger partial charge in [0, 0.05) is 32.2 Å². The van der Waals surface area contributed by atoms with Crippen LogP contribution in [-0.2, 0) is 19.6 Å². The minimum atomic E-state index is -2.93. The Morgan fingerprint density at radius 3 is 2.23 bits per heavy atom. The first kappa shape index (κ1) is 23.4. The number of halogens is 2. The van der Waals surface area contributed by atoms with Crippen molar-refractivity contribution < 1.29 is 18.3 Å². The lowest BCUT2D eigenvalue weighted by Gasteiger charge is -2.18. The number of nitrogens with one attached hydrogen (secondary N) is 2. The molecule has 0 aliphatic rings. The minimum Gasteiger partial charge on any atom is -0.490 e. The van der Waals surface area contributed by atoms with Crippen molar-refractivity contribution >= 4 is 5.96 Å². The van der Waals surface area contributed by atoms with Gasteiger partial charge in [-0.05, 0) is 38.2 Å². The number of nitrogens with zero attached hydrogens (tertiary/aromatic N) is 2. The Morgan fingerprint density at radius 2 is 1.63 bits per heavy atom. The van der Waals surface area contributed by atoms with E-state index in [1.54, 1.807) is 32.2 Å². The zero-order chi connectivity index (χ0) is 21.9. The zero-order valence-electron chi connectivity index (χ0n) is 17.9. The Balaban J connectivity index is 2.05.